The van der Waals surface area contributed by atoms with E-state index in [0.717, 1.165) is 29.2 Å². The molecule has 1 amide bonds. The molecule has 0 bridgehead atoms. The minimum absolute atomic E-state index is 0.0723. The lowest BCUT2D eigenvalue weighted by molar-refractivity contribution is -0.137. The predicted molar refractivity (Wildman–Crippen MR) is 102 cm³/mol. The van der Waals surface area contributed by atoms with Gasteiger partial charge in [-0.2, -0.15) is 18.3 Å². The molecule has 10 heteroatoms. The third-order valence-electron chi connectivity index (χ3n) is 3.57. The Morgan fingerprint density at radius 1 is 1.25 bits per heavy atom. The molecule has 1 N–H and O–H groups in total. The van der Waals surface area contributed by atoms with Gasteiger partial charge in [0, 0.05) is 12.3 Å². The molecule has 146 valence electrons. The van der Waals surface area contributed by atoms with Gasteiger partial charge < -0.3 is 5.32 Å². The van der Waals surface area contributed by atoms with Gasteiger partial charge in [-0.15, -0.1) is 0 Å². The Morgan fingerprint density at radius 3 is 2.61 bits per heavy atom. The fourth-order valence-electron chi connectivity index (χ4n) is 2.35. The quantitative estimate of drug-likeness (QED) is 0.584. The summed E-state index contributed by atoms with van der Waals surface area (Å²) in [6, 6.07) is 11.8. The first kappa shape index (κ1) is 20.2. The first-order valence-electron chi connectivity index (χ1n) is 8.01. The number of alkyl halides is 3. The monoisotopic (exact) mass is 426 g/mol. The van der Waals surface area contributed by atoms with Gasteiger partial charge in [-0.1, -0.05) is 41.6 Å². The van der Waals surface area contributed by atoms with Crippen LogP contribution in [0.4, 0.5) is 19.0 Å². The molecule has 0 spiro atoms. The molecular formula is C18H14ClF3N4OS. The summed E-state index contributed by atoms with van der Waals surface area (Å²) in [7, 11) is 0. The van der Waals surface area contributed by atoms with Crippen molar-refractivity contribution in [2.45, 2.75) is 18.1 Å². The van der Waals surface area contributed by atoms with E-state index in [1.807, 2.05) is 30.3 Å². The highest BCUT2D eigenvalue weighted by Crippen LogP contribution is 2.33. The minimum Gasteiger partial charge on any atom is -0.310 e. The average Bonchev–Trinajstić information content (AvgIpc) is 3.00. The topological polar surface area (TPSA) is 59.8 Å². The number of aromatic nitrogens is 3. The lowest BCUT2D eigenvalue weighted by Gasteiger charge is -2.10. The van der Waals surface area contributed by atoms with E-state index in [2.05, 4.69) is 15.4 Å². The molecule has 0 saturated carbocycles. The fraction of sp³-hybridized carbons (Fsp3) is 0.167. The van der Waals surface area contributed by atoms with Crippen molar-refractivity contribution in [3.8, 4) is 5.69 Å². The Kier molecular flexibility index (Phi) is 5.95. The highest BCUT2D eigenvalue weighted by molar-refractivity contribution is 8.00. The molecule has 0 aliphatic carbocycles. The van der Waals surface area contributed by atoms with Crippen molar-refractivity contribution >= 4 is 35.1 Å². The van der Waals surface area contributed by atoms with Crippen LogP contribution in [0.15, 0.2) is 53.7 Å². The van der Waals surface area contributed by atoms with Crippen molar-refractivity contribution in [1.29, 1.82) is 0 Å². The number of amides is 1. The lowest BCUT2D eigenvalue weighted by Crippen LogP contribution is -2.17. The van der Waals surface area contributed by atoms with Crippen LogP contribution in [-0.2, 0) is 11.0 Å². The molecule has 2 heterocycles. The number of hydrogen-bond donors (Lipinski definition) is 1. The number of pyridine rings is 1. The minimum atomic E-state index is -4.52. The number of anilines is 1. The number of hydrogen-bond acceptors (Lipinski definition) is 4. The molecule has 3 rings (SSSR count). The van der Waals surface area contributed by atoms with Crippen LogP contribution in [0.3, 0.4) is 0 Å². The van der Waals surface area contributed by atoms with E-state index in [4.69, 9.17) is 11.6 Å². The molecule has 0 fully saturated rings. The zero-order chi connectivity index (χ0) is 20.3. The predicted octanol–water partition coefficient (Wildman–Crippen LogP) is 4.98. The maximum Gasteiger partial charge on any atom is 0.417 e. The van der Waals surface area contributed by atoms with Gasteiger partial charge in [0.2, 0.25) is 5.91 Å². The van der Waals surface area contributed by atoms with Crippen LogP contribution < -0.4 is 5.32 Å². The van der Waals surface area contributed by atoms with Crippen LogP contribution in [0.5, 0.6) is 0 Å². The molecule has 0 saturated heterocycles. The Labute approximate surface area is 167 Å². The van der Waals surface area contributed by atoms with E-state index in [0.29, 0.717) is 12.0 Å². The van der Waals surface area contributed by atoms with E-state index in [1.165, 1.54) is 0 Å². The average molecular weight is 427 g/mol. The maximum atomic E-state index is 12.7. The van der Waals surface area contributed by atoms with Crippen molar-refractivity contribution in [2.24, 2.45) is 0 Å². The smallest absolute Gasteiger partial charge is 0.310 e. The summed E-state index contributed by atoms with van der Waals surface area (Å²) in [5.41, 5.74) is 0.568. The number of thioether (sulfide) groups is 1. The van der Waals surface area contributed by atoms with Gasteiger partial charge in [-0.05, 0) is 25.1 Å². The second-order valence-corrected chi connectivity index (χ2v) is 7.14. The largest absolute Gasteiger partial charge is 0.417 e. The van der Waals surface area contributed by atoms with Crippen LogP contribution in [-0.4, -0.2) is 26.4 Å². The summed E-state index contributed by atoms with van der Waals surface area (Å²) in [5, 5.41) is 7.09. The standard InChI is InChI=1S/C18H14ClF3N4OS/c1-11-7-15(26(25-11)13-5-3-2-4-6-13)24-16(27)10-28-17-14(19)8-12(9-23-17)18(20,21)22/h2-9H,10H2,1H3,(H,24,27). The molecule has 2 aromatic heterocycles. The van der Waals surface area contributed by atoms with Crippen LogP contribution >= 0.6 is 23.4 Å². The SMILES string of the molecule is Cc1cc(NC(=O)CSc2ncc(C(F)(F)F)cc2Cl)n(-c2ccccc2)n1. The maximum absolute atomic E-state index is 12.7. The number of nitrogens with one attached hydrogen (secondary N) is 1. The summed E-state index contributed by atoms with van der Waals surface area (Å²) in [6.07, 6.45) is -3.83. The Hall–Kier alpha value is -2.52. The molecule has 1 aromatic carbocycles. The Morgan fingerprint density at radius 2 is 1.96 bits per heavy atom. The Bertz CT molecular complexity index is 992. The highest BCUT2D eigenvalue weighted by atomic mass is 35.5. The fourth-order valence-corrected chi connectivity index (χ4v) is 3.35. The van der Waals surface area contributed by atoms with Gasteiger partial charge in [-0.25, -0.2) is 9.67 Å². The van der Waals surface area contributed by atoms with Gasteiger partial charge >= 0.3 is 6.18 Å². The van der Waals surface area contributed by atoms with Crippen molar-refractivity contribution in [3.63, 3.8) is 0 Å². The number of halogens is 4. The first-order chi connectivity index (χ1) is 13.2. The van der Waals surface area contributed by atoms with Crippen molar-refractivity contribution in [3.05, 3.63) is 64.9 Å². The van der Waals surface area contributed by atoms with E-state index >= 15 is 0 Å². The van der Waals surface area contributed by atoms with E-state index in [1.54, 1.807) is 17.7 Å². The van der Waals surface area contributed by atoms with Gasteiger partial charge in [-0.3, -0.25) is 4.79 Å². The highest BCUT2D eigenvalue weighted by Gasteiger charge is 2.31. The van der Waals surface area contributed by atoms with Crippen LogP contribution in [0, 0.1) is 6.92 Å². The second-order valence-electron chi connectivity index (χ2n) is 5.76. The van der Waals surface area contributed by atoms with Crippen molar-refractivity contribution in [2.75, 3.05) is 11.1 Å². The molecular weight excluding hydrogens is 413 g/mol. The molecule has 3 aromatic rings. The zero-order valence-electron chi connectivity index (χ0n) is 14.5. The van der Waals surface area contributed by atoms with Crippen molar-refractivity contribution < 1.29 is 18.0 Å². The van der Waals surface area contributed by atoms with Crippen molar-refractivity contribution in [1.82, 2.24) is 14.8 Å². The molecule has 0 unspecified atom stereocenters. The molecule has 0 atom stereocenters. The molecule has 0 radical (unpaired) electrons. The number of rotatable bonds is 5. The summed E-state index contributed by atoms with van der Waals surface area (Å²) in [6.45, 7) is 1.80. The van der Waals surface area contributed by atoms with Crippen LogP contribution in [0.1, 0.15) is 11.3 Å². The summed E-state index contributed by atoms with van der Waals surface area (Å²) in [4.78, 5) is 16.0. The van der Waals surface area contributed by atoms with Crippen LogP contribution in [0.2, 0.25) is 5.02 Å². The molecule has 0 aliphatic heterocycles. The summed E-state index contributed by atoms with van der Waals surface area (Å²) < 4.78 is 39.6. The zero-order valence-corrected chi connectivity index (χ0v) is 16.1. The number of para-hydroxylation sites is 1. The summed E-state index contributed by atoms with van der Waals surface area (Å²) in [5.74, 6) is 0.0533. The Balaban J connectivity index is 1.68. The molecule has 28 heavy (non-hydrogen) atoms. The summed E-state index contributed by atoms with van der Waals surface area (Å²) >= 11 is 6.81. The van der Waals surface area contributed by atoms with E-state index in [-0.39, 0.29) is 21.7 Å². The number of aryl methyl sites for hydroxylation is 1. The third kappa shape index (κ3) is 4.85. The lowest BCUT2D eigenvalue weighted by atomic mass is 10.3. The normalized spacial score (nSPS) is 11.5. The van der Waals surface area contributed by atoms with Gasteiger partial charge in [0.15, 0.2) is 0 Å². The number of carbonyl (C=O) groups is 1. The van der Waals surface area contributed by atoms with E-state index < -0.39 is 11.7 Å². The molecule has 5 nitrogen and oxygen atoms in total. The number of carbonyl (C=O) groups excluding carboxylic acids is 1. The van der Waals surface area contributed by atoms with Gasteiger partial charge in [0.1, 0.15) is 10.8 Å². The first-order valence-corrected chi connectivity index (χ1v) is 9.38. The van der Waals surface area contributed by atoms with E-state index in [9.17, 15) is 18.0 Å². The second kappa shape index (κ2) is 8.24. The molecule has 0 aliphatic rings. The third-order valence-corrected chi connectivity index (χ3v) is 4.98. The van der Waals surface area contributed by atoms with Gasteiger partial charge in [0.25, 0.3) is 0 Å². The number of nitrogens with zero attached hydrogens (tertiary/aromatic N) is 3. The van der Waals surface area contributed by atoms with Crippen LogP contribution in [0.25, 0.3) is 5.69 Å². The van der Waals surface area contributed by atoms with Gasteiger partial charge in [0.05, 0.1) is 27.7 Å². The number of benzene rings is 1.